The quantitative estimate of drug-likeness (QED) is 0.401. The van der Waals surface area contributed by atoms with Crippen LogP contribution in [0.15, 0.2) is 71.9 Å². The summed E-state index contributed by atoms with van der Waals surface area (Å²) in [7, 11) is -2.89. The largest absolute Gasteiger partial charge is 0.497 e. The van der Waals surface area contributed by atoms with Crippen LogP contribution in [0.3, 0.4) is 0 Å². The van der Waals surface area contributed by atoms with E-state index in [1.807, 2.05) is 0 Å². The molecule has 0 radical (unpaired) electrons. The van der Waals surface area contributed by atoms with E-state index in [-0.39, 0.29) is 17.2 Å². The Morgan fingerprint density at radius 3 is 2.45 bits per heavy atom. The minimum absolute atomic E-state index is 0.109. The number of fused-ring (bicyclic) bond motifs is 1. The van der Waals surface area contributed by atoms with Gasteiger partial charge in [0.05, 0.1) is 25.5 Å². The molecule has 0 bridgehead atoms. The fraction of sp³-hybridized carbons (Fsp3) is 0.174. The Morgan fingerprint density at radius 1 is 1.09 bits per heavy atom. The summed E-state index contributed by atoms with van der Waals surface area (Å²) in [5.74, 6) is -1.29. The summed E-state index contributed by atoms with van der Waals surface area (Å²) in [6.45, 7) is 1.90. The maximum Gasteiger partial charge on any atom is 0.373 e. The zero-order chi connectivity index (χ0) is 23.6. The zero-order valence-electron chi connectivity index (χ0n) is 17.8. The van der Waals surface area contributed by atoms with Gasteiger partial charge < -0.3 is 18.6 Å². The first-order chi connectivity index (χ1) is 15.8. The smallest absolute Gasteiger partial charge is 0.373 e. The highest BCUT2D eigenvalue weighted by atomic mass is 32.2. The monoisotopic (exact) mass is 468 g/mol. The van der Waals surface area contributed by atoms with Crippen LogP contribution < -0.4 is 14.4 Å². The molecule has 0 N–H and O–H groups in total. The summed E-state index contributed by atoms with van der Waals surface area (Å²) in [4.78, 5) is 31.0. The number of amides is 1. The number of hydrogen-bond acceptors (Lipinski definition) is 8. The lowest BCUT2D eigenvalue weighted by molar-refractivity contribution is -0.148. The molecule has 1 aliphatic rings. The van der Waals surface area contributed by atoms with E-state index in [1.165, 1.54) is 29.4 Å². The minimum atomic E-state index is -4.44. The van der Waals surface area contributed by atoms with E-state index in [0.717, 1.165) is 11.1 Å². The number of rotatable bonds is 6. The number of anilines is 1. The van der Waals surface area contributed by atoms with Crippen molar-refractivity contribution in [2.75, 3.05) is 12.0 Å². The number of pyridine rings is 1. The Bertz CT molecular complexity index is 1290. The van der Waals surface area contributed by atoms with Gasteiger partial charge in [0, 0.05) is 6.20 Å². The topological polar surface area (TPSA) is 112 Å². The van der Waals surface area contributed by atoms with Crippen LogP contribution in [-0.4, -0.2) is 38.5 Å². The summed E-state index contributed by atoms with van der Waals surface area (Å²) >= 11 is 0. The van der Waals surface area contributed by atoms with Crippen LogP contribution in [0.2, 0.25) is 0 Å². The highest BCUT2D eigenvalue weighted by Gasteiger charge is 2.42. The zero-order valence-corrected chi connectivity index (χ0v) is 18.6. The third kappa shape index (κ3) is 4.65. The molecule has 3 aromatic rings. The van der Waals surface area contributed by atoms with Gasteiger partial charge in [0.15, 0.2) is 5.75 Å². The van der Waals surface area contributed by atoms with Gasteiger partial charge in [0.2, 0.25) is 0 Å². The second-order valence-electron chi connectivity index (χ2n) is 7.28. The molecule has 10 heteroatoms. The molecule has 1 amide bonds. The molecule has 9 nitrogen and oxygen atoms in total. The lowest BCUT2D eigenvalue weighted by Crippen LogP contribution is -2.50. The Morgan fingerprint density at radius 2 is 1.79 bits per heavy atom. The molecule has 1 unspecified atom stereocenters. The average Bonchev–Trinajstić information content (AvgIpc) is 2.81. The number of aromatic nitrogens is 1. The van der Waals surface area contributed by atoms with E-state index in [1.54, 1.807) is 56.5 Å². The van der Waals surface area contributed by atoms with Crippen molar-refractivity contribution in [2.24, 2.45) is 0 Å². The predicted molar refractivity (Wildman–Crippen MR) is 117 cm³/mol. The first-order valence-corrected chi connectivity index (χ1v) is 11.3. The van der Waals surface area contributed by atoms with Gasteiger partial charge in [-0.15, -0.1) is 0 Å². The lowest BCUT2D eigenvalue weighted by Gasteiger charge is -2.32. The maximum atomic E-state index is 13.2. The molecule has 0 aliphatic carbocycles. The maximum absolute atomic E-state index is 13.2. The van der Waals surface area contributed by atoms with Gasteiger partial charge in [0.25, 0.3) is 12.0 Å². The van der Waals surface area contributed by atoms with Crippen molar-refractivity contribution in [3.8, 4) is 11.5 Å². The summed E-state index contributed by atoms with van der Waals surface area (Å²) in [5, 5.41) is 0. The van der Waals surface area contributed by atoms with E-state index < -0.39 is 28.1 Å². The van der Waals surface area contributed by atoms with Crippen LogP contribution in [0.4, 0.5) is 5.69 Å². The number of hydrogen-bond donors (Lipinski definition) is 0. The van der Waals surface area contributed by atoms with Crippen LogP contribution in [0, 0.1) is 6.92 Å². The third-order valence-electron chi connectivity index (χ3n) is 5.00. The Balaban J connectivity index is 1.60. The van der Waals surface area contributed by atoms with E-state index in [0.29, 0.717) is 11.4 Å². The molecule has 2 heterocycles. The Hall–Kier alpha value is -3.92. The molecule has 0 saturated heterocycles. The highest BCUT2D eigenvalue weighted by molar-refractivity contribution is 7.87. The van der Waals surface area contributed by atoms with Crippen molar-refractivity contribution < 1.29 is 31.7 Å². The molecule has 1 atom stereocenters. The lowest BCUT2D eigenvalue weighted by atomic mass is 10.1. The molecular formula is C23H20N2O7S. The van der Waals surface area contributed by atoms with Gasteiger partial charge in [-0.05, 0) is 42.8 Å². The van der Waals surface area contributed by atoms with E-state index in [9.17, 15) is 18.0 Å². The van der Waals surface area contributed by atoms with Crippen molar-refractivity contribution in [1.82, 2.24) is 4.98 Å². The molecule has 4 rings (SSSR count). The van der Waals surface area contributed by atoms with Crippen molar-refractivity contribution in [3.05, 3.63) is 78.1 Å². The molecule has 1 aromatic heterocycles. The second-order valence-corrected chi connectivity index (χ2v) is 8.83. The van der Waals surface area contributed by atoms with Crippen molar-refractivity contribution in [2.45, 2.75) is 24.5 Å². The van der Waals surface area contributed by atoms with E-state index in [2.05, 4.69) is 4.98 Å². The molecule has 1 aliphatic heterocycles. The van der Waals surface area contributed by atoms with Crippen LogP contribution in [0.5, 0.6) is 11.5 Å². The fourth-order valence-electron chi connectivity index (χ4n) is 3.25. The van der Waals surface area contributed by atoms with E-state index >= 15 is 0 Å². The molecule has 2 aromatic carbocycles. The third-order valence-corrected chi connectivity index (χ3v) is 6.24. The molecule has 170 valence electrons. The molecule has 0 fully saturated rings. The fourth-order valence-corrected chi connectivity index (χ4v) is 4.12. The summed E-state index contributed by atoms with van der Waals surface area (Å²) in [5.41, 5.74) is 1.99. The Labute approximate surface area is 190 Å². The highest BCUT2D eigenvalue weighted by Crippen LogP contribution is 2.34. The summed E-state index contributed by atoms with van der Waals surface area (Å²) in [6, 6.07) is 14.4. The SMILES string of the molecule is COc1ccc(CN2C(=O)C(C(=O)OS(=O)(=O)c3ccc(C)cc3)Oc3cnccc32)cc1. The van der Waals surface area contributed by atoms with Crippen LogP contribution in [-0.2, 0) is 30.4 Å². The number of ether oxygens (including phenoxy) is 2. The van der Waals surface area contributed by atoms with E-state index in [4.69, 9.17) is 13.7 Å². The second kappa shape index (κ2) is 8.91. The Kier molecular flexibility index (Phi) is 6.01. The first kappa shape index (κ1) is 22.3. The normalized spacial score (nSPS) is 15.4. The van der Waals surface area contributed by atoms with Crippen LogP contribution in [0.1, 0.15) is 11.1 Å². The van der Waals surface area contributed by atoms with Crippen LogP contribution in [0.25, 0.3) is 0 Å². The minimum Gasteiger partial charge on any atom is -0.497 e. The predicted octanol–water partition coefficient (Wildman–Crippen LogP) is 2.62. The summed E-state index contributed by atoms with van der Waals surface area (Å²) in [6.07, 6.45) is 1.02. The van der Waals surface area contributed by atoms with Crippen molar-refractivity contribution in [1.29, 1.82) is 0 Å². The number of methoxy groups -OCH3 is 1. The number of benzene rings is 2. The van der Waals surface area contributed by atoms with Gasteiger partial charge in [0.1, 0.15) is 10.6 Å². The molecular weight excluding hydrogens is 448 g/mol. The van der Waals surface area contributed by atoms with Gasteiger partial charge in [-0.2, -0.15) is 8.42 Å². The van der Waals surface area contributed by atoms with Crippen molar-refractivity contribution >= 4 is 27.7 Å². The summed E-state index contributed by atoms with van der Waals surface area (Å²) < 4.78 is 40.5. The molecule has 33 heavy (non-hydrogen) atoms. The average molecular weight is 468 g/mol. The number of nitrogens with zero attached hydrogens (tertiary/aromatic N) is 2. The standard InChI is InChI=1S/C23H20N2O7S/c1-15-3-9-18(10-4-15)33(28,29)32-23(27)21-22(26)25(19-11-12-24-13-20(19)31-21)14-16-5-7-17(30-2)8-6-16/h3-13,21H,14H2,1-2H3. The van der Waals surface area contributed by atoms with Gasteiger partial charge in [-0.25, -0.2) is 4.79 Å². The molecule has 0 spiro atoms. The van der Waals surface area contributed by atoms with Gasteiger partial charge in [-0.1, -0.05) is 29.8 Å². The van der Waals surface area contributed by atoms with Crippen molar-refractivity contribution in [3.63, 3.8) is 0 Å². The van der Waals surface area contributed by atoms with Gasteiger partial charge in [-0.3, -0.25) is 9.78 Å². The van der Waals surface area contributed by atoms with Gasteiger partial charge >= 0.3 is 16.1 Å². The van der Waals surface area contributed by atoms with Crippen LogP contribution >= 0.6 is 0 Å². The number of carbonyl (C=O) groups is 2. The molecule has 0 saturated carbocycles. The number of aryl methyl sites for hydroxylation is 1. The number of carbonyl (C=O) groups excluding carboxylic acids is 2. The first-order valence-electron chi connectivity index (χ1n) is 9.88.